The molecule has 13 heteroatoms. The van der Waals surface area contributed by atoms with Crippen LogP contribution in [-0.2, 0) is 16.6 Å². The number of fused-ring (bicyclic) bond motifs is 1. The van der Waals surface area contributed by atoms with Gasteiger partial charge in [0.1, 0.15) is 11.5 Å². The molecule has 2 N–H and O–H groups in total. The Hall–Kier alpha value is -2.16. The first-order chi connectivity index (χ1) is 16.2. The molecule has 3 heterocycles. The third kappa shape index (κ3) is 5.65. The standard InChI is InChI=1S/C22H22FN5O5S.K/c1-24-21(30)16-11-14(23)7-6-13(16)12-26-22(31)18-19(29)17-15(5-4-8-25-17)20(27-18)28-9-2-3-10-34(28,32)33;/h4-8,11,29H,2-3,9-10,12H2,1H3,(H,24,30)(H,26,31);/q;+1/p-1. The number of amides is 2. The van der Waals surface area contributed by atoms with Crippen LogP contribution in [0, 0.1) is 5.82 Å². The summed E-state index contributed by atoms with van der Waals surface area (Å²) in [5.74, 6) is -2.88. The molecule has 0 unspecified atom stereocenters. The zero-order chi connectivity index (χ0) is 24.5. The van der Waals surface area contributed by atoms with Gasteiger partial charge in [-0.15, -0.1) is 0 Å². The van der Waals surface area contributed by atoms with E-state index in [2.05, 4.69) is 20.6 Å². The zero-order valence-electron chi connectivity index (χ0n) is 19.2. The summed E-state index contributed by atoms with van der Waals surface area (Å²) in [5.41, 5.74) is -0.255. The van der Waals surface area contributed by atoms with E-state index in [4.69, 9.17) is 0 Å². The van der Waals surface area contributed by atoms with Crippen molar-refractivity contribution in [3.63, 3.8) is 0 Å². The molecule has 0 spiro atoms. The molecule has 2 amide bonds. The van der Waals surface area contributed by atoms with Gasteiger partial charge in [0.15, 0.2) is 5.82 Å². The smallest absolute Gasteiger partial charge is 0.869 e. The van der Waals surface area contributed by atoms with Gasteiger partial charge in [-0.3, -0.25) is 18.9 Å². The minimum absolute atomic E-state index is 0. The maximum atomic E-state index is 13.6. The van der Waals surface area contributed by atoms with Gasteiger partial charge >= 0.3 is 51.4 Å². The maximum absolute atomic E-state index is 13.6. The van der Waals surface area contributed by atoms with Crippen molar-refractivity contribution >= 4 is 38.6 Å². The summed E-state index contributed by atoms with van der Waals surface area (Å²) in [6.45, 7) is -0.0236. The Morgan fingerprint density at radius 3 is 2.69 bits per heavy atom. The maximum Gasteiger partial charge on any atom is 1.00 e. The van der Waals surface area contributed by atoms with Crippen LogP contribution in [0.25, 0.3) is 10.9 Å². The van der Waals surface area contributed by atoms with Crippen LogP contribution in [0.1, 0.15) is 39.3 Å². The van der Waals surface area contributed by atoms with Gasteiger partial charge in [0.05, 0.1) is 11.3 Å². The van der Waals surface area contributed by atoms with Crippen molar-refractivity contribution in [2.24, 2.45) is 0 Å². The van der Waals surface area contributed by atoms with Crippen LogP contribution in [0.15, 0.2) is 36.5 Å². The number of benzene rings is 1. The first kappa shape index (κ1) is 27.4. The normalized spacial score (nSPS) is 14.7. The Labute approximate surface area is 243 Å². The quantitative estimate of drug-likeness (QED) is 0.369. The predicted octanol–water partition coefficient (Wildman–Crippen LogP) is -1.93. The number of hydrogen-bond acceptors (Lipinski definition) is 7. The minimum atomic E-state index is -3.67. The van der Waals surface area contributed by atoms with Gasteiger partial charge in [-0.25, -0.2) is 17.8 Å². The Kier molecular flexibility index (Phi) is 8.83. The van der Waals surface area contributed by atoms with Crippen molar-refractivity contribution in [1.29, 1.82) is 0 Å². The number of sulfonamides is 1. The van der Waals surface area contributed by atoms with E-state index < -0.39 is 39.1 Å². The van der Waals surface area contributed by atoms with Crippen LogP contribution in [0.5, 0.6) is 5.75 Å². The number of halogens is 1. The predicted molar refractivity (Wildman–Crippen MR) is 120 cm³/mol. The molecule has 1 aliphatic rings. The average Bonchev–Trinajstić information content (AvgIpc) is 2.83. The number of carbonyl (C=O) groups excluding carboxylic acids is 2. The van der Waals surface area contributed by atoms with E-state index in [0.29, 0.717) is 18.4 Å². The summed E-state index contributed by atoms with van der Waals surface area (Å²) < 4.78 is 40.1. The summed E-state index contributed by atoms with van der Waals surface area (Å²) >= 11 is 0. The molecular weight excluding hydrogens is 504 g/mol. The fourth-order valence-corrected chi connectivity index (χ4v) is 5.37. The summed E-state index contributed by atoms with van der Waals surface area (Å²) in [7, 11) is -2.28. The Balaban J connectivity index is 0.00000342. The molecule has 1 saturated heterocycles. The van der Waals surface area contributed by atoms with Crippen molar-refractivity contribution < 1.29 is 78.9 Å². The van der Waals surface area contributed by atoms with Crippen LogP contribution in [-0.4, -0.2) is 49.5 Å². The molecule has 0 bridgehead atoms. The van der Waals surface area contributed by atoms with Crippen molar-refractivity contribution in [2.45, 2.75) is 19.4 Å². The van der Waals surface area contributed by atoms with E-state index >= 15 is 0 Å². The van der Waals surface area contributed by atoms with Crippen molar-refractivity contribution in [2.75, 3.05) is 23.7 Å². The van der Waals surface area contributed by atoms with Gasteiger partial charge in [0.25, 0.3) is 11.8 Å². The van der Waals surface area contributed by atoms with E-state index in [-0.39, 0.29) is 92.5 Å². The molecule has 0 aliphatic carbocycles. The molecule has 1 fully saturated rings. The molecule has 0 radical (unpaired) electrons. The fraction of sp³-hybridized carbons (Fsp3) is 0.273. The monoisotopic (exact) mass is 525 g/mol. The average molecular weight is 526 g/mol. The molecule has 1 aliphatic heterocycles. The number of pyridine rings is 2. The zero-order valence-corrected chi connectivity index (χ0v) is 23.1. The minimum Gasteiger partial charge on any atom is -0.869 e. The van der Waals surface area contributed by atoms with Crippen molar-refractivity contribution in [1.82, 2.24) is 20.6 Å². The molecule has 0 saturated carbocycles. The molecule has 4 rings (SSSR count). The van der Waals surface area contributed by atoms with Crippen molar-refractivity contribution in [3.8, 4) is 5.75 Å². The van der Waals surface area contributed by atoms with Crippen LogP contribution in [0.4, 0.5) is 10.2 Å². The Morgan fingerprint density at radius 2 is 1.97 bits per heavy atom. The van der Waals surface area contributed by atoms with Crippen LogP contribution >= 0.6 is 0 Å². The van der Waals surface area contributed by atoms with Crippen LogP contribution < -0.4 is 71.4 Å². The van der Waals surface area contributed by atoms with Gasteiger partial charge in [0, 0.05) is 37.3 Å². The summed E-state index contributed by atoms with van der Waals surface area (Å²) in [6, 6.07) is 6.62. The number of nitrogens with one attached hydrogen (secondary N) is 2. The largest absolute Gasteiger partial charge is 1.00 e. The second kappa shape index (κ2) is 11.3. The Morgan fingerprint density at radius 1 is 1.20 bits per heavy atom. The number of hydrogen-bond donors (Lipinski definition) is 2. The van der Waals surface area contributed by atoms with E-state index in [1.807, 2.05) is 0 Å². The molecular formula is C22H21FKN5O5S. The third-order valence-electron chi connectivity index (χ3n) is 5.48. The van der Waals surface area contributed by atoms with Gasteiger partial charge in [-0.05, 0) is 48.4 Å². The first-order valence-corrected chi connectivity index (χ1v) is 12.1. The van der Waals surface area contributed by atoms with Gasteiger partial charge in [-0.1, -0.05) is 6.07 Å². The Bertz CT molecular complexity index is 1400. The second-order valence-corrected chi connectivity index (χ2v) is 9.68. The number of carbonyl (C=O) groups is 2. The molecule has 1 aromatic carbocycles. The molecule has 10 nitrogen and oxygen atoms in total. The number of anilines is 1. The van der Waals surface area contributed by atoms with Gasteiger partial charge in [0.2, 0.25) is 10.0 Å². The molecule has 35 heavy (non-hydrogen) atoms. The third-order valence-corrected chi connectivity index (χ3v) is 7.31. The number of nitrogens with zero attached hydrogens (tertiary/aromatic N) is 3. The molecule has 178 valence electrons. The van der Waals surface area contributed by atoms with E-state index in [1.54, 1.807) is 6.07 Å². The van der Waals surface area contributed by atoms with Crippen LogP contribution in [0.2, 0.25) is 0 Å². The summed E-state index contributed by atoms with van der Waals surface area (Å²) in [6.07, 6.45) is 2.48. The topological polar surface area (TPSA) is 144 Å². The molecule has 2 aromatic heterocycles. The fourth-order valence-electron chi connectivity index (χ4n) is 3.77. The van der Waals surface area contributed by atoms with Gasteiger partial charge < -0.3 is 15.7 Å². The van der Waals surface area contributed by atoms with E-state index in [1.165, 1.54) is 25.4 Å². The SMILES string of the molecule is CNC(=O)c1cc(F)ccc1CNC(=O)c1nc(N2CCCCS2(=O)=O)c2cccnc2c1[O-].[K+]. The first-order valence-electron chi connectivity index (χ1n) is 10.5. The number of rotatable bonds is 5. The molecule has 3 aromatic rings. The number of aromatic nitrogens is 2. The second-order valence-electron chi connectivity index (χ2n) is 7.67. The summed E-state index contributed by atoms with van der Waals surface area (Å²) in [4.78, 5) is 33.2. The van der Waals surface area contributed by atoms with Crippen molar-refractivity contribution in [3.05, 3.63) is 59.2 Å². The van der Waals surface area contributed by atoms with E-state index in [9.17, 15) is 27.5 Å². The van der Waals surface area contributed by atoms with E-state index in [0.717, 1.165) is 16.4 Å². The van der Waals surface area contributed by atoms with Gasteiger partial charge in [-0.2, -0.15) is 0 Å². The van der Waals surface area contributed by atoms with Crippen LogP contribution in [0.3, 0.4) is 0 Å². The molecule has 0 atom stereocenters. The summed E-state index contributed by atoms with van der Waals surface area (Å²) in [5, 5.41) is 18.1.